The van der Waals surface area contributed by atoms with E-state index in [2.05, 4.69) is 18.8 Å². The van der Waals surface area contributed by atoms with E-state index in [0.717, 1.165) is 24.3 Å². The maximum absolute atomic E-state index is 10.0. The number of hydrogen-bond donors (Lipinski definition) is 2. The van der Waals surface area contributed by atoms with Crippen molar-refractivity contribution in [3.8, 4) is 5.75 Å². The van der Waals surface area contributed by atoms with Gasteiger partial charge in [0.1, 0.15) is 5.75 Å². The number of aromatic hydroxyl groups is 1. The van der Waals surface area contributed by atoms with E-state index in [9.17, 15) is 5.11 Å². The number of anilines is 1. The molecule has 0 aromatic heterocycles. The van der Waals surface area contributed by atoms with Crippen LogP contribution in [-0.4, -0.2) is 25.2 Å². The van der Waals surface area contributed by atoms with Crippen LogP contribution in [0, 0.1) is 0 Å². The quantitative estimate of drug-likeness (QED) is 0.743. The van der Waals surface area contributed by atoms with Gasteiger partial charge in [0.2, 0.25) is 0 Å². The van der Waals surface area contributed by atoms with Gasteiger partial charge >= 0.3 is 0 Å². The van der Waals surface area contributed by atoms with Crippen molar-refractivity contribution in [1.29, 1.82) is 0 Å². The molecule has 1 aromatic rings. The molecule has 0 amide bonds. The normalized spacial score (nSPS) is 12.2. The van der Waals surface area contributed by atoms with Crippen LogP contribution in [0.2, 0.25) is 0 Å². The van der Waals surface area contributed by atoms with E-state index in [-0.39, 0.29) is 6.04 Å². The molecule has 0 saturated carbocycles. The second kappa shape index (κ2) is 6.30. The minimum Gasteiger partial charge on any atom is -0.508 e. The molecule has 3 nitrogen and oxygen atoms in total. The van der Waals surface area contributed by atoms with Crippen molar-refractivity contribution in [2.24, 2.45) is 0 Å². The van der Waals surface area contributed by atoms with Gasteiger partial charge in [-0.2, -0.15) is 0 Å². The SMILES string of the molecule is C=CCN(C)c1ccc(C(C)NCC)c(O)c1. The molecule has 2 N–H and O–H groups in total. The summed E-state index contributed by atoms with van der Waals surface area (Å²) in [7, 11) is 1.98. The summed E-state index contributed by atoms with van der Waals surface area (Å²) in [5.41, 5.74) is 1.93. The van der Waals surface area contributed by atoms with Crippen molar-refractivity contribution in [2.75, 3.05) is 25.0 Å². The molecule has 0 heterocycles. The lowest BCUT2D eigenvalue weighted by Crippen LogP contribution is -2.19. The van der Waals surface area contributed by atoms with Gasteiger partial charge in [-0.25, -0.2) is 0 Å². The van der Waals surface area contributed by atoms with Gasteiger partial charge in [0.05, 0.1) is 0 Å². The van der Waals surface area contributed by atoms with Gasteiger partial charge in [0.15, 0.2) is 0 Å². The standard InChI is InChI=1S/C14H22N2O/c1-5-9-16(4)12-7-8-13(14(17)10-12)11(3)15-6-2/h5,7-8,10-11,15,17H,1,6,9H2,2-4H3. The van der Waals surface area contributed by atoms with Gasteiger partial charge in [-0.1, -0.05) is 19.1 Å². The third-order valence-corrected chi connectivity index (χ3v) is 2.83. The topological polar surface area (TPSA) is 35.5 Å². The second-order valence-corrected chi connectivity index (χ2v) is 4.19. The van der Waals surface area contributed by atoms with Crippen molar-refractivity contribution in [1.82, 2.24) is 5.32 Å². The predicted molar refractivity (Wildman–Crippen MR) is 73.7 cm³/mol. The van der Waals surface area contributed by atoms with E-state index in [4.69, 9.17) is 0 Å². The van der Waals surface area contributed by atoms with E-state index in [1.54, 1.807) is 6.07 Å². The zero-order chi connectivity index (χ0) is 12.8. The smallest absolute Gasteiger partial charge is 0.122 e. The Bertz CT molecular complexity index is 376. The molecule has 0 saturated heterocycles. The summed E-state index contributed by atoms with van der Waals surface area (Å²) in [6, 6.07) is 5.95. The monoisotopic (exact) mass is 234 g/mol. The van der Waals surface area contributed by atoms with Crippen LogP contribution in [0.3, 0.4) is 0 Å². The van der Waals surface area contributed by atoms with E-state index < -0.39 is 0 Å². The Morgan fingerprint density at radius 2 is 2.24 bits per heavy atom. The van der Waals surface area contributed by atoms with E-state index in [0.29, 0.717) is 5.75 Å². The lowest BCUT2D eigenvalue weighted by molar-refractivity contribution is 0.454. The highest BCUT2D eigenvalue weighted by Gasteiger charge is 2.10. The molecule has 1 unspecified atom stereocenters. The number of phenolic OH excluding ortho intramolecular Hbond substituents is 1. The highest BCUT2D eigenvalue weighted by Crippen LogP contribution is 2.28. The Morgan fingerprint density at radius 1 is 1.53 bits per heavy atom. The van der Waals surface area contributed by atoms with E-state index >= 15 is 0 Å². The molecule has 0 aliphatic carbocycles. The molecule has 1 aromatic carbocycles. The Hall–Kier alpha value is -1.48. The summed E-state index contributed by atoms with van der Waals surface area (Å²) < 4.78 is 0. The van der Waals surface area contributed by atoms with Gasteiger partial charge in [0, 0.05) is 37.0 Å². The second-order valence-electron chi connectivity index (χ2n) is 4.19. The van der Waals surface area contributed by atoms with Gasteiger partial charge < -0.3 is 15.3 Å². The first-order valence-corrected chi connectivity index (χ1v) is 5.98. The molecule has 94 valence electrons. The predicted octanol–water partition coefficient (Wildman–Crippen LogP) is 2.68. The van der Waals surface area contributed by atoms with Crippen molar-refractivity contribution >= 4 is 5.69 Å². The number of nitrogens with zero attached hydrogens (tertiary/aromatic N) is 1. The molecule has 0 aliphatic rings. The number of benzene rings is 1. The maximum Gasteiger partial charge on any atom is 0.122 e. The first-order chi connectivity index (χ1) is 8.10. The average Bonchev–Trinajstić information content (AvgIpc) is 2.29. The molecular formula is C14H22N2O. The summed E-state index contributed by atoms with van der Waals surface area (Å²) in [4.78, 5) is 2.04. The number of likely N-dealkylation sites (N-methyl/N-ethyl adjacent to an activating group) is 1. The molecule has 1 rings (SSSR count). The summed E-state index contributed by atoms with van der Waals surface area (Å²) >= 11 is 0. The van der Waals surface area contributed by atoms with Gasteiger partial charge in [-0.05, 0) is 19.5 Å². The Balaban J connectivity index is 2.89. The molecule has 0 aliphatic heterocycles. The Morgan fingerprint density at radius 3 is 2.76 bits per heavy atom. The maximum atomic E-state index is 10.0. The largest absolute Gasteiger partial charge is 0.508 e. The molecular weight excluding hydrogens is 212 g/mol. The van der Waals surface area contributed by atoms with Crippen molar-refractivity contribution in [2.45, 2.75) is 19.9 Å². The molecule has 0 bridgehead atoms. The zero-order valence-electron chi connectivity index (χ0n) is 10.9. The van der Waals surface area contributed by atoms with Crippen molar-refractivity contribution in [3.63, 3.8) is 0 Å². The van der Waals surface area contributed by atoms with Crippen LogP contribution in [0.4, 0.5) is 5.69 Å². The highest BCUT2D eigenvalue weighted by atomic mass is 16.3. The number of rotatable bonds is 6. The first-order valence-electron chi connectivity index (χ1n) is 5.98. The number of nitrogens with one attached hydrogen (secondary N) is 1. The van der Waals surface area contributed by atoms with E-state index in [1.807, 2.05) is 37.1 Å². The molecule has 0 spiro atoms. The molecule has 0 radical (unpaired) electrons. The van der Waals surface area contributed by atoms with E-state index in [1.165, 1.54) is 0 Å². The van der Waals surface area contributed by atoms with Crippen LogP contribution in [0.15, 0.2) is 30.9 Å². The lowest BCUT2D eigenvalue weighted by Gasteiger charge is -2.20. The van der Waals surface area contributed by atoms with Gasteiger partial charge in [-0.15, -0.1) is 6.58 Å². The highest BCUT2D eigenvalue weighted by molar-refractivity contribution is 5.53. The van der Waals surface area contributed by atoms with Crippen LogP contribution >= 0.6 is 0 Å². The van der Waals surface area contributed by atoms with Gasteiger partial charge in [-0.3, -0.25) is 0 Å². The lowest BCUT2D eigenvalue weighted by atomic mass is 10.1. The molecule has 17 heavy (non-hydrogen) atoms. The van der Waals surface area contributed by atoms with Crippen LogP contribution in [0.25, 0.3) is 0 Å². The van der Waals surface area contributed by atoms with Crippen LogP contribution < -0.4 is 10.2 Å². The first kappa shape index (κ1) is 13.6. The zero-order valence-corrected chi connectivity index (χ0v) is 10.9. The molecule has 3 heteroatoms. The van der Waals surface area contributed by atoms with Crippen LogP contribution in [0.1, 0.15) is 25.5 Å². The summed E-state index contributed by atoms with van der Waals surface area (Å²) in [6.07, 6.45) is 1.84. The minimum atomic E-state index is 0.166. The summed E-state index contributed by atoms with van der Waals surface area (Å²) in [5, 5.41) is 13.3. The van der Waals surface area contributed by atoms with Crippen LogP contribution in [-0.2, 0) is 0 Å². The number of hydrogen-bond acceptors (Lipinski definition) is 3. The fourth-order valence-electron chi connectivity index (χ4n) is 1.85. The summed E-state index contributed by atoms with van der Waals surface area (Å²) in [6.45, 7) is 9.46. The molecule has 0 fully saturated rings. The molecule has 1 atom stereocenters. The third-order valence-electron chi connectivity index (χ3n) is 2.83. The van der Waals surface area contributed by atoms with Crippen molar-refractivity contribution < 1.29 is 5.11 Å². The van der Waals surface area contributed by atoms with Crippen molar-refractivity contribution in [3.05, 3.63) is 36.4 Å². The third kappa shape index (κ3) is 3.49. The fourth-order valence-corrected chi connectivity index (χ4v) is 1.85. The van der Waals surface area contributed by atoms with Gasteiger partial charge in [0.25, 0.3) is 0 Å². The Labute approximate surface area is 104 Å². The Kier molecular flexibility index (Phi) is 5.04. The minimum absolute atomic E-state index is 0.166. The summed E-state index contributed by atoms with van der Waals surface area (Å²) in [5.74, 6) is 0.340. The fraction of sp³-hybridized carbons (Fsp3) is 0.429. The number of phenols is 1. The van der Waals surface area contributed by atoms with Crippen LogP contribution in [0.5, 0.6) is 5.75 Å². The average molecular weight is 234 g/mol.